The first-order valence-corrected chi connectivity index (χ1v) is 6.50. The maximum Gasteiger partial charge on any atom is 0.309 e. The van der Waals surface area contributed by atoms with Crippen LogP contribution in [0.3, 0.4) is 0 Å². The van der Waals surface area contributed by atoms with Gasteiger partial charge in [0.25, 0.3) is 0 Å². The van der Waals surface area contributed by atoms with Crippen LogP contribution in [-0.4, -0.2) is 18.1 Å². The lowest BCUT2D eigenvalue weighted by atomic mass is 10.1. The topological polar surface area (TPSA) is 42.1 Å². The van der Waals surface area contributed by atoms with Gasteiger partial charge in [0.15, 0.2) is 0 Å². The second kappa shape index (κ2) is 5.21. The number of aromatic amines is 1. The Hall–Kier alpha value is -2.55. The molecule has 0 spiro atoms. The van der Waals surface area contributed by atoms with E-state index >= 15 is 0 Å². The summed E-state index contributed by atoms with van der Waals surface area (Å²) in [4.78, 5) is 14.7. The molecule has 0 radical (unpaired) electrons. The van der Waals surface area contributed by atoms with Crippen molar-refractivity contribution < 1.29 is 9.53 Å². The fourth-order valence-electron chi connectivity index (χ4n) is 2.32. The van der Waals surface area contributed by atoms with Crippen LogP contribution >= 0.6 is 0 Å². The minimum Gasteiger partial charge on any atom is -0.469 e. The van der Waals surface area contributed by atoms with E-state index in [4.69, 9.17) is 4.74 Å². The number of benzene rings is 2. The van der Waals surface area contributed by atoms with Gasteiger partial charge in [-0.25, -0.2) is 0 Å². The third-order valence-electron chi connectivity index (χ3n) is 3.34. The van der Waals surface area contributed by atoms with E-state index in [1.165, 1.54) is 12.5 Å². The van der Waals surface area contributed by atoms with Gasteiger partial charge >= 0.3 is 5.97 Å². The van der Waals surface area contributed by atoms with Crippen LogP contribution in [0.15, 0.2) is 54.6 Å². The number of hydrogen-bond acceptors (Lipinski definition) is 2. The molecule has 0 bridgehead atoms. The predicted octanol–water partition coefficient (Wildman–Crippen LogP) is 3.55. The number of rotatable bonds is 3. The molecule has 1 N–H and O–H groups in total. The Kier molecular flexibility index (Phi) is 3.25. The number of carbonyl (C=O) groups excluding carboxylic acids is 1. The molecule has 0 amide bonds. The molecule has 3 aromatic rings. The fraction of sp³-hybridized carbons (Fsp3) is 0.118. The number of esters is 1. The van der Waals surface area contributed by atoms with Crippen LogP contribution in [0.4, 0.5) is 0 Å². The van der Waals surface area contributed by atoms with Gasteiger partial charge in [0, 0.05) is 16.6 Å². The van der Waals surface area contributed by atoms with Gasteiger partial charge in [-0.05, 0) is 29.3 Å². The van der Waals surface area contributed by atoms with Crippen molar-refractivity contribution in [2.75, 3.05) is 7.11 Å². The zero-order valence-electron chi connectivity index (χ0n) is 11.2. The van der Waals surface area contributed by atoms with Gasteiger partial charge in [-0.2, -0.15) is 0 Å². The van der Waals surface area contributed by atoms with Crippen molar-refractivity contribution in [3.05, 3.63) is 60.2 Å². The van der Waals surface area contributed by atoms with Crippen molar-refractivity contribution in [2.45, 2.75) is 6.42 Å². The number of fused-ring (bicyclic) bond motifs is 1. The number of aromatic nitrogens is 1. The lowest BCUT2D eigenvalue weighted by Crippen LogP contribution is -2.04. The van der Waals surface area contributed by atoms with E-state index < -0.39 is 0 Å². The molecular formula is C17H15NO2. The monoisotopic (exact) mass is 265 g/mol. The van der Waals surface area contributed by atoms with Crippen molar-refractivity contribution in [1.82, 2.24) is 4.98 Å². The molecule has 3 heteroatoms. The Balaban J connectivity index is 1.97. The van der Waals surface area contributed by atoms with Crippen molar-refractivity contribution in [2.24, 2.45) is 0 Å². The van der Waals surface area contributed by atoms with Gasteiger partial charge in [0.2, 0.25) is 0 Å². The third-order valence-corrected chi connectivity index (χ3v) is 3.34. The van der Waals surface area contributed by atoms with Crippen molar-refractivity contribution in [1.29, 1.82) is 0 Å². The molecule has 1 heterocycles. The zero-order valence-corrected chi connectivity index (χ0v) is 11.2. The number of methoxy groups -OCH3 is 1. The van der Waals surface area contributed by atoms with Crippen molar-refractivity contribution >= 4 is 16.9 Å². The second-order valence-electron chi connectivity index (χ2n) is 4.72. The molecule has 0 saturated heterocycles. The molecule has 0 aliphatic rings. The molecule has 3 nitrogen and oxygen atoms in total. The lowest BCUT2D eigenvalue weighted by molar-refractivity contribution is -0.139. The van der Waals surface area contributed by atoms with Crippen LogP contribution in [0.2, 0.25) is 0 Å². The summed E-state index contributed by atoms with van der Waals surface area (Å²) >= 11 is 0. The summed E-state index contributed by atoms with van der Waals surface area (Å²) in [6.45, 7) is 0. The highest BCUT2D eigenvalue weighted by Crippen LogP contribution is 2.24. The Morgan fingerprint density at radius 2 is 1.95 bits per heavy atom. The minimum atomic E-state index is -0.223. The number of H-pyrrole nitrogens is 1. The van der Waals surface area contributed by atoms with E-state index in [1.807, 2.05) is 36.4 Å². The Bertz CT molecular complexity index is 725. The van der Waals surface area contributed by atoms with E-state index in [0.29, 0.717) is 6.42 Å². The molecule has 0 saturated carbocycles. The van der Waals surface area contributed by atoms with Crippen molar-refractivity contribution in [3.63, 3.8) is 0 Å². The largest absolute Gasteiger partial charge is 0.469 e. The Labute approximate surface area is 117 Å². The average Bonchev–Trinajstić information content (AvgIpc) is 2.91. The maximum absolute atomic E-state index is 11.3. The first kappa shape index (κ1) is 12.5. The Morgan fingerprint density at radius 3 is 2.75 bits per heavy atom. The summed E-state index contributed by atoms with van der Waals surface area (Å²) in [7, 11) is 1.41. The first-order valence-electron chi connectivity index (χ1n) is 6.50. The molecule has 0 atom stereocenters. The second-order valence-corrected chi connectivity index (χ2v) is 4.72. The van der Waals surface area contributed by atoms with E-state index in [2.05, 4.69) is 23.2 Å². The molecule has 0 fully saturated rings. The van der Waals surface area contributed by atoms with E-state index in [1.54, 1.807) is 0 Å². The summed E-state index contributed by atoms with van der Waals surface area (Å²) in [5.74, 6) is -0.223. The van der Waals surface area contributed by atoms with Crippen LogP contribution in [0.25, 0.3) is 22.2 Å². The van der Waals surface area contributed by atoms with Gasteiger partial charge in [0.05, 0.1) is 13.5 Å². The molecule has 0 unspecified atom stereocenters. The normalized spacial score (nSPS) is 10.7. The summed E-state index contributed by atoms with van der Waals surface area (Å²) in [5.41, 5.74) is 4.19. The van der Waals surface area contributed by atoms with Gasteiger partial charge in [0.1, 0.15) is 0 Å². The molecule has 0 aliphatic heterocycles. The van der Waals surface area contributed by atoms with Crippen molar-refractivity contribution in [3.8, 4) is 11.3 Å². The maximum atomic E-state index is 11.3. The minimum absolute atomic E-state index is 0.223. The summed E-state index contributed by atoms with van der Waals surface area (Å²) in [6, 6.07) is 18.2. The zero-order chi connectivity index (χ0) is 13.9. The molecule has 0 aliphatic carbocycles. The van der Waals surface area contributed by atoms with E-state index in [9.17, 15) is 4.79 Å². The molecule has 100 valence electrons. The smallest absolute Gasteiger partial charge is 0.309 e. The quantitative estimate of drug-likeness (QED) is 0.736. The average molecular weight is 265 g/mol. The number of nitrogens with one attached hydrogen (secondary N) is 1. The van der Waals surface area contributed by atoms with E-state index in [-0.39, 0.29) is 5.97 Å². The van der Waals surface area contributed by atoms with Crippen LogP contribution in [0.1, 0.15) is 5.56 Å². The number of carbonyl (C=O) groups is 1. The van der Waals surface area contributed by atoms with Gasteiger partial charge in [-0.15, -0.1) is 0 Å². The standard InChI is InChI=1S/C17H15NO2/c1-20-17(19)10-12-5-4-7-13(9-12)16-11-14-6-2-3-8-15(14)18-16/h2-9,11,18H,10H2,1H3. The van der Waals surface area contributed by atoms with Gasteiger partial charge in [-0.3, -0.25) is 4.79 Å². The molecule has 1 aromatic heterocycles. The molecule has 20 heavy (non-hydrogen) atoms. The van der Waals surface area contributed by atoms with Gasteiger partial charge < -0.3 is 9.72 Å². The van der Waals surface area contributed by atoms with Gasteiger partial charge in [-0.1, -0.05) is 36.4 Å². The molecule has 3 rings (SSSR count). The molecular weight excluding hydrogens is 250 g/mol. The van der Waals surface area contributed by atoms with Crippen LogP contribution in [0.5, 0.6) is 0 Å². The Morgan fingerprint density at radius 1 is 1.10 bits per heavy atom. The lowest BCUT2D eigenvalue weighted by Gasteiger charge is -2.03. The summed E-state index contributed by atoms with van der Waals surface area (Å²) in [6.07, 6.45) is 0.296. The summed E-state index contributed by atoms with van der Waals surface area (Å²) in [5, 5.41) is 1.18. The number of ether oxygens (including phenoxy) is 1. The predicted molar refractivity (Wildman–Crippen MR) is 79.5 cm³/mol. The highest BCUT2D eigenvalue weighted by Gasteiger charge is 2.06. The SMILES string of the molecule is COC(=O)Cc1cccc(-c2cc3ccccc3[nH]2)c1. The first-order chi connectivity index (χ1) is 9.76. The van der Waals surface area contributed by atoms with Crippen LogP contribution < -0.4 is 0 Å². The molecule has 2 aromatic carbocycles. The summed E-state index contributed by atoms with van der Waals surface area (Å²) < 4.78 is 4.70. The highest BCUT2D eigenvalue weighted by atomic mass is 16.5. The third kappa shape index (κ3) is 2.43. The number of para-hydroxylation sites is 1. The fourth-order valence-corrected chi connectivity index (χ4v) is 2.32. The van der Waals surface area contributed by atoms with Crippen LogP contribution in [0, 0.1) is 0 Å². The highest BCUT2D eigenvalue weighted by molar-refractivity contribution is 5.86. The number of hydrogen-bond donors (Lipinski definition) is 1. The van der Waals surface area contributed by atoms with Crippen LogP contribution in [-0.2, 0) is 16.0 Å². The van der Waals surface area contributed by atoms with E-state index in [0.717, 1.165) is 22.3 Å².